The van der Waals surface area contributed by atoms with Gasteiger partial charge in [-0.25, -0.2) is 4.79 Å². The second-order valence-corrected chi connectivity index (χ2v) is 6.49. The lowest BCUT2D eigenvalue weighted by molar-refractivity contribution is -0.135. The minimum Gasteiger partial charge on any atom is -0.476 e. The summed E-state index contributed by atoms with van der Waals surface area (Å²) in [6, 6.07) is 5.59. The lowest BCUT2D eigenvalue weighted by Gasteiger charge is -2.34. The summed E-state index contributed by atoms with van der Waals surface area (Å²) in [5.41, 5.74) is 0.815. The maximum atomic E-state index is 12.4. The predicted octanol–water partition coefficient (Wildman–Crippen LogP) is 2.01. The Kier molecular flexibility index (Phi) is 3.98. The molecule has 0 saturated heterocycles. The molecule has 2 aromatic rings. The van der Waals surface area contributed by atoms with E-state index in [1.54, 1.807) is 22.1 Å². The van der Waals surface area contributed by atoms with E-state index in [1.807, 2.05) is 29.3 Å². The molecule has 7 heteroatoms. The molecular weight excluding hydrogens is 302 g/mol. The Morgan fingerprint density at radius 3 is 3.00 bits per heavy atom. The maximum absolute atomic E-state index is 12.4. The molecule has 0 aliphatic carbocycles. The zero-order chi connectivity index (χ0) is 15.7. The Bertz CT molecular complexity index is 693. The van der Waals surface area contributed by atoms with Crippen LogP contribution < -0.4 is 0 Å². The number of carbonyl (C=O) groups is 2. The van der Waals surface area contributed by atoms with Gasteiger partial charge in [0.05, 0.1) is 18.8 Å². The van der Waals surface area contributed by atoms with Gasteiger partial charge in [0.25, 0.3) is 0 Å². The first-order valence-corrected chi connectivity index (χ1v) is 8.04. The monoisotopic (exact) mass is 319 g/mol. The summed E-state index contributed by atoms with van der Waals surface area (Å²) in [5, 5.41) is 15.1. The van der Waals surface area contributed by atoms with E-state index in [0.717, 1.165) is 12.1 Å². The molecule has 0 bridgehead atoms. The van der Waals surface area contributed by atoms with Gasteiger partial charge in [-0.15, -0.1) is 11.3 Å². The zero-order valence-electron chi connectivity index (χ0n) is 12.2. The second kappa shape index (κ2) is 5.92. The molecule has 3 heterocycles. The summed E-state index contributed by atoms with van der Waals surface area (Å²) in [7, 11) is 0. The summed E-state index contributed by atoms with van der Waals surface area (Å²) in [6.45, 7) is 2.92. The number of aromatic carboxylic acids is 1. The van der Waals surface area contributed by atoms with Crippen LogP contribution in [0.2, 0.25) is 0 Å². The number of hydrogen-bond acceptors (Lipinski definition) is 4. The van der Waals surface area contributed by atoms with Crippen LogP contribution in [0.1, 0.15) is 34.4 Å². The lowest BCUT2D eigenvalue weighted by atomic mass is 10.1. The number of fused-ring (bicyclic) bond motifs is 1. The third-order valence-electron chi connectivity index (χ3n) is 3.87. The maximum Gasteiger partial charge on any atom is 0.356 e. The Balaban J connectivity index is 1.69. The molecule has 0 aromatic carbocycles. The standard InChI is InChI=1S/C15H17N3O3S/c1-10-8-18-11(7-13(16-18)15(20)21)9-17(10)14(19)5-4-12-3-2-6-22-12/h2-3,6-7,10H,4-5,8-9H2,1H3,(H,20,21). The topological polar surface area (TPSA) is 75.4 Å². The average molecular weight is 319 g/mol. The minimum atomic E-state index is -1.04. The number of carboxylic acid groups (broad SMARTS) is 1. The van der Waals surface area contributed by atoms with E-state index in [2.05, 4.69) is 5.10 Å². The van der Waals surface area contributed by atoms with Gasteiger partial charge >= 0.3 is 5.97 Å². The van der Waals surface area contributed by atoms with E-state index >= 15 is 0 Å². The molecular formula is C15H17N3O3S. The lowest BCUT2D eigenvalue weighted by Crippen LogP contribution is -2.44. The first-order chi connectivity index (χ1) is 10.5. The van der Waals surface area contributed by atoms with Crippen LogP contribution in [0.25, 0.3) is 0 Å². The van der Waals surface area contributed by atoms with Crippen LogP contribution in [0, 0.1) is 0 Å². The van der Waals surface area contributed by atoms with Crippen molar-refractivity contribution in [3.63, 3.8) is 0 Å². The summed E-state index contributed by atoms with van der Waals surface area (Å²) in [4.78, 5) is 26.5. The SMILES string of the molecule is CC1Cn2nc(C(=O)O)cc2CN1C(=O)CCc1cccs1. The van der Waals surface area contributed by atoms with Crippen molar-refractivity contribution in [3.8, 4) is 0 Å². The highest BCUT2D eigenvalue weighted by atomic mass is 32.1. The molecule has 1 aliphatic heterocycles. The van der Waals surface area contributed by atoms with E-state index in [1.165, 1.54) is 4.88 Å². The summed E-state index contributed by atoms with van der Waals surface area (Å²) >= 11 is 1.66. The van der Waals surface area contributed by atoms with E-state index in [-0.39, 0.29) is 17.6 Å². The number of aryl methyl sites for hydroxylation is 1. The fraction of sp³-hybridized carbons (Fsp3) is 0.400. The van der Waals surface area contributed by atoms with Crippen molar-refractivity contribution in [2.45, 2.75) is 38.9 Å². The Morgan fingerprint density at radius 1 is 1.50 bits per heavy atom. The van der Waals surface area contributed by atoms with Gasteiger partial charge in [0, 0.05) is 17.3 Å². The fourth-order valence-corrected chi connectivity index (χ4v) is 3.40. The number of rotatable bonds is 4. The van der Waals surface area contributed by atoms with E-state index in [9.17, 15) is 9.59 Å². The van der Waals surface area contributed by atoms with Crippen molar-refractivity contribution < 1.29 is 14.7 Å². The minimum absolute atomic E-state index is 0.0184. The van der Waals surface area contributed by atoms with Crippen LogP contribution in [0.5, 0.6) is 0 Å². The number of carbonyl (C=O) groups excluding carboxylic acids is 1. The Morgan fingerprint density at radius 2 is 2.32 bits per heavy atom. The smallest absolute Gasteiger partial charge is 0.356 e. The molecule has 6 nitrogen and oxygen atoms in total. The first kappa shape index (κ1) is 14.8. The largest absolute Gasteiger partial charge is 0.476 e. The van der Waals surface area contributed by atoms with Crippen LogP contribution in [0.4, 0.5) is 0 Å². The van der Waals surface area contributed by atoms with Crippen LogP contribution in [-0.4, -0.2) is 37.7 Å². The molecule has 116 valence electrons. The number of nitrogens with zero attached hydrogens (tertiary/aromatic N) is 3. The second-order valence-electron chi connectivity index (χ2n) is 5.46. The number of hydrogen-bond donors (Lipinski definition) is 1. The molecule has 22 heavy (non-hydrogen) atoms. The predicted molar refractivity (Wildman–Crippen MR) is 81.8 cm³/mol. The van der Waals surface area contributed by atoms with Crippen LogP contribution >= 0.6 is 11.3 Å². The van der Waals surface area contributed by atoms with Gasteiger partial charge in [-0.1, -0.05) is 6.07 Å². The van der Waals surface area contributed by atoms with Crippen molar-refractivity contribution >= 4 is 23.2 Å². The molecule has 1 unspecified atom stereocenters. The number of amides is 1. The average Bonchev–Trinajstić information content (AvgIpc) is 3.12. The highest BCUT2D eigenvalue weighted by Gasteiger charge is 2.28. The molecule has 0 spiro atoms. The quantitative estimate of drug-likeness (QED) is 0.935. The highest BCUT2D eigenvalue weighted by Crippen LogP contribution is 2.20. The molecule has 1 N–H and O–H groups in total. The van der Waals surface area contributed by atoms with Crippen molar-refractivity contribution in [1.82, 2.24) is 14.7 Å². The van der Waals surface area contributed by atoms with Crippen molar-refractivity contribution in [3.05, 3.63) is 39.8 Å². The van der Waals surface area contributed by atoms with E-state index < -0.39 is 5.97 Å². The van der Waals surface area contributed by atoms with Crippen LogP contribution in [0.3, 0.4) is 0 Å². The molecule has 1 atom stereocenters. The molecule has 1 aliphatic rings. The summed E-state index contributed by atoms with van der Waals surface area (Å²) < 4.78 is 1.69. The molecule has 0 radical (unpaired) electrons. The van der Waals surface area contributed by atoms with Gasteiger partial charge in [-0.05, 0) is 30.9 Å². The van der Waals surface area contributed by atoms with Gasteiger partial charge in [0.1, 0.15) is 0 Å². The van der Waals surface area contributed by atoms with Crippen molar-refractivity contribution in [2.75, 3.05) is 0 Å². The van der Waals surface area contributed by atoms with Gasteiger partial charge in [0.15, 0.2) is 5.69 Å². The van der Waals surface area contributed by atoms with E-state index in [4.69, 9.17) is 5.11 Å². The Hall–Kier alpha value is -2.15. The van der Waals surface area contributed by atoms with Gasteiger partial charge < -0.3 is 10.0 Å². The number of thiophene rings is 1. The van der Waals surface area contributed by atoms with Gasteiger partial charge in [-0.2, -0.15) is 5.10 Å². The van der Waals surface area contributed by atoms with Gasteiger partial charge in [-0.3, -0.25) is 9.48 Å². The molecule has 0 saturated carbocycles. The highest BCUT2D eigenvalue weighted by molar-refractivity contribution is 7.09. The molecule has 3 rings (SSSR count). The van der Waals surface area contributed by atoms with Crippen molar-refractivity contribution in [1.29, 1.82) is 0 Å². The van der Waals surface area contributed by atoms with E-state index in [0.29, 0.717) is 19.5 Å². The molecule has 1 amide bonds. The zero-order valence-corrected chi connectivity index (χ0v) is 13.0. The fourth-order valence-electron chi connectivity index (χ4n) is 2.69. The third kappa shape index (κ3) is 2.89. The normalized spacial score (nSPS) is 17.3. The van der Waals surface area contributed by atoms with Crippen LogP contribution in [0.15, 0.2) is 23.6 Å². The number of carboxylic acids is 1. The third-order valence-corrected chi connectivity index (χ3v) is 4.81. The molecule has 0 fully saturated rings. The molecule has 2 aromatic heterocycles. The van der Waals surface area contributed by atoms with Crippen molar-refractivity contribution in [2.24, 2.45) is 0 Å². The summed E-state index contributed by atoms with van der Waals surface area (Å²) in [5.74, 6) is -0.935. The van der Waals surface area contributed by atoms with Crippen LogP contribution in [-0.2, 0) is 24.3 Å². The summed E-state index contributed by atoms with van der Waals surface area (Å²) in [6.07, 6.45) is 1.23. The first-order valence-electron chi connectivity index (χ1n) is 7.16. The van der Waals surface area contributed by atoms with Gasteiger partial charge in [0.2, 0.25) is 5.91 Å². The number of aromatic nitrogens is 2. The Labute approximate surface area is 132 Å².